The summed E-state index contributed by atoms with van der Waals surface area (Å²) in [5.41, 5.74) is 8.53. The van der Waals surface area contributed by atoms with Crippen molar-refractivity contribution in [2.45, 2.75) is 0 Å². The summed E-state index contributed by atoms with van der Waals surface area (Å²) in [7, 11) is 3.15. The van der Waals surface area contributed by atoms with E-state index < -0.39 is 0 Å². The molecule has 0 aliphatic carbocycles. The van der Waals surface area contributed by atoms with Gasteiger partial charge in [-0.1, -0.05) is 0 Å². The van der Waals surface area contributed by atoms with E-state index in [9.17, 15) is 0 Å². The van der Waals surface area contributed by atoms with Crippen LogP contribution in [-0.2, 0) is 0 Å². The van der Waals surface area contributed by atoms with Gasteiger partial charge in [-0.3, -0.25) is 5.43 Å². The zero-order valence-electron chi connectivity index (χ0n) is 9.36. The molecular formula is C10H12BrN3O2S. The predicted octanol–water partition coefficient (Wildman–Crippen LogP) is 1.63. The third-order valence-electron chi connectivity index (χ3n) is 1.88. The van der Waals surface area contributed by atoms with Crippen molar-refractivity contribution in [3.05, 3.63) is 22.2 Å². The number of nitrogens with one attached hydrogen (secondary N) is 1. The lowest BCUT2D eigenvalue weighted by atomic mass is 10.2. The number of hydrazone groups is 1. The zero-order chi connectivity index (χ0) is 12.8. The van der Waals surface area contributed by atoms with Crippen molar-refractivity contribution < 1.29 is 9.47 Å². The van der Waals surface area contributed by atoms with Crippen LogP contribution in [0.5, 0.6) is 11.5 Å². The van der Waals surface area contributed by atoms with Gasteiger partial charge in [-0.05, 0) is 40.3 Å². The van der Waals surface area contributed by atoms with Gasteiger partial charge in [0.15, 0.2) is 16.6 Å². The number of benzene rings is 1. The fourth-order valence-electron chi connectivity index (χ4n) is 1.13. The van der Waals surface area contributed by atoms with Gasteiger partial charge in [0, 0.05) is 10.0 Å². The van der Waals surface area contributed by atoms with Gasteiger partial charge in [-0.25, -0.2) is 0 Å². The van der Waals surface area contributed by atoms with Gasteiger partial charge in [0.05, 0.1) is 20.4 Å². The van der Waals surface area contributed by atoms with Crippen LogP contribution in [0.1, 0.15) is 5.56 Å². The van der Waals surface area contributed by atoms with Crippen molar-refractivity contribution in [1.29, 1.82) is 0 Å². The Morgan fingerprint density at radius 2 is 2.00 bits per heavy atom. The average Bonchev–Trinajstić information content (AvgIpc) is 2.30. The number of nitrogens with two attached hydrogens (primary N) is 1. The molecule has 0 unspecified atom stereocenters. The molecular weight excluding hydrogens is 306 g/mol. The Hall–Kier alpha value is -1.34. The first-order valence-corrected chi connectivity index (χ1v) is 5.78. The van der Waals surface area contributed by atoms with E-state index in [0.717, 1.165) is 10.0 Å². The minimum atomic E-state index is 0.109. The van der Waals surface area contributed by atoms with Crippen LogP contribution in [0.2, 0.25) is 0 Å². The first-order valence-electron chi connectivity index (χ1n) is 4.58. The summed E-state index contributed by atoms with van der Waals surface area (Å²) < 4.78 is 11.2. The highest BCUT2D eigenvalue weighted by molar-refractivity contribution is 9.10. The molecule has 3 N–H and O–H groups in total. The van der Waals surface area contributed by atoms with Gasteiger partial charge in [0.25, 0.3) is 0 Å². The Morgan fingerprint density at radius 1 is 1.41 bits per heavy atom. The molecule has 5 nitrogen and oxygen atoms in total. The van der Waals surface area contributed by atoms with Crippen LogP contribution in [0.3, 0.4) is 0 Å². The van der Waals surface area contributed by atoms with Crippen molar-refractivity contribution in [3.63, 3.8) is 0 Å². The molecule has 0 aliphatic heterocycles. The Bertz CT molecular complexity index is 451. The Balaban J connectivity index is 3.00. The van der Waals surface area contributed by atoms with Crippen LogP contribution in [0, 0.1) is 0 Å². The molecule has 17 heavy (non-hydrogen) atoms. The predicted molar refractivity (Wildman–Crippen MR) is 74.8 cm³/mol. The van der Waals surface area contributed by atoms with Gasteiger partial charge < -0.3 is 15.2 Å². The number of rotatable bonds is 4. The van der Waals surface area contributed by atoms with Gasteiger partial charge in [0.2, 0.25) is 0 Å². The monoisotopic (exact) mass is 317 g/mol. The molecule has 0 bridgehead atoms. The normalized spacial score (nSPS) is 10.3. The van der Waals surface area contributed by atoms with Crippen LogP contribution in [-0.4, -0.2) is 25.5 Å². The van der Waals surface area contributed by atoms with Crippen LogP contribution in [0.15, 0.2) is 21.7 Å². The van der Waals surface area contributed by atoms with Crippen LogP contribution in [0.25, 0.3) is 0 Å². The Labute approximate surface area is 113 Å². The van der Waals surface area contributed by atoms with E-state index in [0.29, 0.717) is 11.5 Å². The molecule has 0 fully saturated rings. The largest absolute Gasteiger partial charge is 0.493 e. The highest BCUT2D eigenvalue weighted by Gasteiger charge is 2.07. The summed E-state index contributed by atoms with van der Waals surface area (Å²) in [5.74, 6) is 1.26. The maximum atomic E-state index is 5.25. The summed E-state index contributed by atoms with van der Waals surface area (Å²) in [6.45, 7) is 0. The second-order valence-electron chi connectivity index (χ2n) is 2.96. The fraction of sp³-hybridized carbons (Fsp3) is 0.200. The van der Waals surface area contributed by atoms with E-state index in [1.165, 1.54) is 0 Å². The van der Waals surface area contributed by atoms with E-state index in [4.69, 9.17) is 15.2 Å². The summed E-state index contributed by atoms with van der Waals surface area (Å²) in [6.07, 6.45) is 1.57. The first kappa shape index (κ1) is 13.7. The van der Waals surface area contributed by atoms with Gasteiger partial charge in [-0.2, -0.15) is 5.10 Å². The third-order valence-corrected chi connectivity index (χ3v) is 2.66. The summed E-state index contributed by atoms with van der Waals surface area (Å²) >= 11 is 8.03. The Kier molecular flexibility index (Phi) is 5.17. The molecule has 0 atom stereocenters. The maximum Gasteiger partial charge on any atom is 0.184 e. The number of hydrogen-bond acceptors (Lipinski definition) is 4. The molecule has 1 rings (SSSR count). The number of hydrogen-bond donors (Lipinski definition) is 2. The molecule has 7 heteroatoms. The van der Waals surface area contributed by atoms with E-state index in [1.807, 2.05) is 0 Å². The minimum Gasteiger partial charge on any atom is -0.493 e. The number of ether oxygens (including phenoxy) is 2. The molecule has 0 saturated carbocycles. The van der Waals surface area contributed by atoms with Crippen molar-refractivity contribution in [2.24, 2.45) is 10.8 Å². The fourth-order valence-corrected chi connectivity index (χ4v) is 1.61. The summed E-state index contributed by atoms with van der Waals surface area (Å²) in [5, 5.41) is 3.97. The smallest absolute Gasteiger partial charge is 0.184 e. The molecule has 0 spiro atoms. The summed E-state index contributed by atoms with van der Waals surface area (Å²) in [6, 6.07) is 3.58. The molecule has 0 saturated heterocycles. The lowest BCUT2D eigenvalue weighted by molar-refractivity contribution is 0.354. The van der Waals surface area contributed by atoms with Crippen molar-refractivity contribution in [3.8, 4) is 11.5 Å². The molecule has 0 aliphatic rings. The van der Waals surface area contributed by atoms with Crippen molar-refractivity contribution >= 4 is 39.5 Å². The van der Waals surface area contributed by atoms with E-state index >= 15 is 0 Å². The minimum absolute atomic E-state index is 0.109. The standard InChI is InChI=1S/C10H12BrN3O2S/c1-15-8-3-6(5-13-14-10(12)17)7(11)4-9(8)16-2/h3-5H,1-2H3,(H3,12,14,17)/b13-5+. The third kappa shape index (κ3) is 3.86. The number of nitrogens with zero attached hydrogens (tertiary/aromatic N) is 1. The second-order valence-corrected chi connectivity index (χ2v) is 4.26. The van der Waals surface area contributed by atoms with E-state index in [2.05, 4.69) is 38.7 Å². The number of methoxy groups -OCH3 is 2. The SMILES string of the molecule is COc1cc(Br)c(/C=N/NC(N)=S)cc1OC. The topological polar surface area (TPSA) is 68.9 Å². The van der Waals surface area contributed by atoms with Crippen LogP contribution < -0.4 is 20.6 Å². The van der Waals surface area contributed by atoms with Crippen LogP contribution >= 0.6 is 28.1 Å². The average molecular weight is 318 g/mol. The molecule has 0 heterocycles. The lowest BCUT2D eigenvalue weighted by Gasteiger charge is -2.09. The molecule has 92 valence electrons. The van der Waals surface area contributed by atoms with Crippen molar-refractivity contribution in [1.82, 2.24) is 5.43 Å². The van der Waals surface area contributed by atoms with E-state index in [1.54, 1.807) is 32.6 Å². The zero-order valence-corrected chi connectivity index (χ0v) is 11.8. The van der Waals surface area contributed by atoms with Crippen LogP contribution in [0.4, 0.5) is 0 Å². The van der Waals surface area contributed by atoms with Crippen molar-refractivity contribution in [2.75, 3.05) is 14.2 Å². The molecule has 0 aromatic heterocycles. The number of halogens is 1. The Morgan fingerprint density at radius 3 is 2.53 bits per heavy atom. The summed E-state index contributed by atoms with van der Waals surface area (Å²) in [4.78, 5) is 0. The molecule has 1 aromatic carbocycles. The molecule has 1 aromatic rings. The van der Waals surface area contributed by atoms with Gasteiger partial charge in [0.1, 0.15) is 0 Å². The maximum absolute atomic E-state index is 5.25. The highest BCUT2D eigenvalue weighted by Crippen LogP contribution is 2.32. The quantitative estimate of drug-likeness (QED) is 0.502. The molecule has 0 amide bonds. The van der Waals surface area contributed by atoms with Gasteiger partial charge in [-0.15, -0.1) is 0 Å². The van der Waals surface area contributed by atoms with E-state index in [-0.39, 0.29) is 5.11 Å². The lowest BCUT2D eigenvalue weighted by Crippen LogP contribution is -2.24. The molecule has 0 radical (unpaired) electrons. The number of thiocarbonyl (C=S) groups is 1. The second kappa shape index (κ2) is 6.41. The first-order chi connectivity index (χ1) is 8.08. The highest BCUT2D eigenvalue weighted by atomic mass is 79.9. The van der Waals surface area contributed by atoms with Gasteiger partial charge >= 0.3 is 0 Å².